The van der Waals surface area contributed by atoms with Crippen LogP contribution in [0.15, 0.2) is 72.8 Å². The molecule has 0 spiro atoms. The zero-order chi connectivity index (χ0) is 33.0. The highest BCUT2D eigenvalue weighted by atomic mass is 16.6. The number of carbonyl (C=O) groups is 4. The van der Waals surface area contributed by atoms with Crippen molar-refractivity contribution in [2.75, 3.05) is 11.9 Å². The third-order valence-corrected chi connectivity index (χ3v) is 6.85. The van der Waals surface area contributed by atoms with Crippen molar-refractivity contribution in [1.82, 2.24) is 16.0 Å². The average molecular weight is 617 g/mol. The summed E-state index contributed by atoms with van der Waals surface area (Å²) >= 11 is 0. The van der Waals surface area contributed by atoms with Crippen molar-refractivity contribution in [2.24, 2.45) is 0 Å². The van der Waals surface area contributed by atoms with Crippen molar-refractivity contribution in [1.29, 1.82) is 0 Å². The molecule has 2 atom stereocenters. The van der Waals surface area contributed by atoms with Gasteiger partial charge in [-0.25, -0.2) is 9.59 Å². The number of alkyl carbamates (subject to hydrolysis) is 1. The van der Waals surface area contributed by atoms with Crippen molar-refractivity contribution in [3.8, 4) is 5.75 Å². The summed E-state index contributed by atoms with van der Waals surface area (Å²) in [5, 5.41) is 10.9. The fraction of sp³-hybridized carbons (Fsp3) is 0.371. The number of rotatable bonds is 12. The molecule has 0 bridgehead atoms. The van der Waals surface area contributed by atoms with Crippen molar-refractivity contribution in [2.45, 2.75) is 78.5 Å². The van der Waals surface area contributed by atoms with Gasteiger partial charge in [-0.2, -0.15) is 0 Å². The van der Waals surface area contributed by atoms with Gasteiger partial charge in [-0.3, -0.25) is 14.9 Å². The number of nitrogens with one attached hydrogen (secondary N) is 4. The second-order valence-corrected chi connectivity index (χ2v) is 11.9. The Morgan fingerprint density at radius 3 is 2.00 bits per heavy atom. The van der Waals surface area contributed by atoms with Crippen LogP contribution in [0.2, 0.25) is 0 Å². The van der Waals surface area contributed by atoms with Crippen LogP contribution < -0.4 is 26.0 Å². The minimum absolute atomic E-state index is 0.116. The lowest BCUT2D eigenvalue weighted by Gasteiger charge is -2.25. The molecule has 0 aliphatic heterocycles. The van der Waals surface area contributed by atoms with Crippen LogP contribution in [0.1, 0.15) is 56.4 Å². The fourth-order valence-electron chi connectivity index (χ4n) is 4.65. The van der Waals surface area contributed by atoms with Crippen molar-refractivity contribution < 1.29 is 28.7 Å². The van der Waals surface area contributed by atoms with Crippen LogP contribution in [0.3, 0.4) is 0 Å². The average Bonchev–Trinajstić information content (AvgIpc) is 2.96. The van der Waals surface area contributed by atoms with Gasteiger partial charge in [-0.1, -0.05) is 48.5 Å². The van der Waals surface area contributed by atoms with E-state index < -0.39 is 35.8 Å². The molecule has 4 N–H and O–H groups in total. The van der Waals surface area contributed by atoms with E-state index in [4.69, 9.17) is 9.47 Å². The standard InChI is InChI=1S/C35H44N4O6/c1-23-20-28(44-33(42)38-27-17-11-8-12-18-27)21-24(2)29(23)22-30(39-34(43)45-35(4,5)6)32(41)37-25(3)31(40)36-19-13-16-26-14-9-7-10-15-26/h7-12,14-15,17-18,20-21,25,30H,13,16,19,22H2,1-6H3,(H,36,40)(H,37,41)(H,38,42)(H,39,43)/t25-,30-/m1/s1. The highest BCUT2D eigenvalue weighted by molar-refractivity contribution is 5.91. The summed E-state index contributed by atoms with van der Waals surface area (Å²) in [5.74, 6) is -0.523. The van der Waals surface area contributed by atoms with E-state index in [0.717, 1.165) is 29.5 Å². The summed E-state index contributed by atoms with van der Waals surface area (Å²) in [6.07, 6.45) is 0.303. The molecular formula is C35H44N4O6. The van der Waals surface area contributed by atoms with Crippen molar-refractivity contribution in [3.63, 3.8) is 0 Å². The van der Waals surface area contributed by atoms with E-state index >= 15 is 0 Å². The van der Waals surface area contributed by atoms with Gasteiger partial charge in [0.05, 0.1) is 0 Å². The van der Waals surface area contributed by atoms with E-state index in [1.807, 2.05) is 50.2 Å². The molecule has 0 saturated heterocycles. The first-order valence-corrected chi connectivity index (χ1v) is 15.1. The van der Waals surface area contributed by atoms with E-state index in [1.54, 1.807) is 64.1 Å². The molecule has 0 unspecified atom stereocenters. The predicted molar refractivity (Wildman–Crippen MR) is 174 cm³/mol. The Kier molecular flexibility index (Phi) is 12.5. The largest absolute Gasteiger partial charge is 0.444 e. The summed E-state index contributed by atoms with van der Waals surface area (Å²) < 4.78 is 10.9. The molecule has 45 heavy (non-hydrogen) atoms. The number of ether oxygens (including phenoxy) is 2. The number of anilines is 1. The molecule has 3 aromatic carbocycles. The quantitative estimate of drug-likeness (QED) is 0.196. The smallest absolute Gasteiger partial charge is 0.417 e. The number of carbonyl (C=O) groups excluding carboxylic acids is 4. The molecule has 0 aliphatic carbocycles. The van der Waals surface area contributed by atoms with E-state index in [1.165, 1.54) is 5.56 Å². The molecular weight excluding hydrogens is 572 g/mol. The Labute approximate surface area is 265 Å². The first-order chi connectivity index (χ1) is 21.3. The summed E-state index contributed by atoms with van der Waals surface area (Å²) in [6.45, 7) is 10.9. The molecule has 240 valence electrons. The number of hydrogen-bond acceptors (Lipinski definition) is 6. The van der Waals surface area contributed by atoms with Crippen LogP contribution in [0.4, 0.5) is 15.3 Å². The molecule has 10 heteroatoms. The van der Waals surface area contributed by atoms with Gasteiger partial charge >= 0.3 is 12.2 Å². The molecule has 3 aromatic rings. The Bertz CT molecular complexity index is 1430. The summed E-state index contributed by atoms with van der Waals surface area (Å²) in [5.41, 5.74) is 3.30. The normalized spacial score (nSPS) is 12.3. The third-order valence-electron chi connectivity index (χ3n) is 6.85. The van der Waals surface area contributed by atoms with Crippen molar-refractivity contribution >= 4 is 29.7 Å². The van der Waals surface area contributed by atoms with Gasteiger partial charge < -0.3 is 25.4 Å². The number of benzene rings is 3. The van der Waals surface area contributed by atoms with Gasteiger partial charge in [0, 0.05) is 18.7 Å². The summed E-state index contributed by atoms with van der Waals surface area (Å²) in [4.78, 5) is 51.3. The topological polar surface area (TPSA) is 135 Å². The number of aryl methyl sites for hydroxylation is 3. The van der Waals surface area contributed by atoms with Crippen molar-refractivity contribution in [3.05, 3.63) is 95.1 Å². The van der Waals surface area contributed by atoms with E-state index in [0.29, 0.717) is 18.0 Å². The number of para-hydroxylation sites is 1. The van der Waals surface area contributed by atoms with Gasteiger partial charge in [-0.05, 0) is 101 Å². The lowest BCUT2D eigenvalue weighted by molar-refractivity contribution is -0.129. The highest BCUT2D eigenvalue weighted by Crippen LogP contribution is 2.24. The van der Waals surface area contributed by atoms with Gasteiger partial charge in [0.25, 0.3) is 0 Å². The molecule has 0 aliphatic rings. The molecule has 0 heterocycles. The van der Waals surface area contributed by atoms with Crippen LogP contribution in [0.5, 0.6) is 5.75 Å². The van der Waals surface area contributed by atoms with Gasteiger partial charge in [0.15, 0.2) is 0 Å². The maximum atomic E-state index is 13.4. The Morgan fingerprint density at radius 2 is 1.40 bits per heavy atom. The van der Waals surface area contributed by atoms with E-state index in [-0.39, 0.29) is 12.3 Å². The molecule has 0 fully saturated rings. The zero-order valence-electron chi connectivity index (χ0n) is 26.9. The first-order valence-electron chi connectivity index (χ1n) is 15.1. The van der Waals surface area contributed by atoms with Crippen LogP contribution in [0, 0.1) is 13.8 Å². The van der Waals surface area contributed by atoms with E-state index in [9.17, 15) is 19.2 Å². The predicted octanol–water partition coefficient (Wildman–Crippen LogP) is 5.60. The SMILES string of the molecule is Cc1cc(OC(=O)Nc2ccccc2)cc(C)c1C[C@@H](NC(=O)OC(C)(C)C)C(=O)N[C@H](C)C(=O)NCCCc1ccccc1. The molecule has 10 nitrogen and oxygen atoms in total. The number of amides is 4. The van der Waals surface area contributed by atoms with Crippen LogP contribution >= 0.6 is 0 Å². The molecule has 0 radical (unpaired) electrons. The Morgan fingerprint density at radius 1 is 0.800 bits per heavy atom. The van der Waals surface area contributed by atoms with E-state index in [2.05, 4.69) is 21.3 Å². The first kappa shape index (κ1) is 34.6. The maximum absolute atomic E-state index is 13.4. The molecule has 0 saturated carbocycles. The van der Waals surface area contributed by atoms with Gasteiger partial charge in [0.2, 0.25) is 11.8 Å². The minimum atomic E-state index is -1.04. The molecule has 3 rings (SSSR count). The monoisotopic (exact) mass is 616 g/mol. The maximum Gasteiger partial charge on any atom is 0.417 e. The molecule has 0 aromatic heterocycles. The Balaban J connectivity index is 1.66. The third kappa shape index (κ3) is 12.0. The van der Waals surface area contributed by atoms with Crippen LogP contribution in [0.25, 0.3) is 0 Å². The second kappa shape index (κ2) is 16.3. The lowest BCUT2D eigenvalue weighted by Crippen LogP contribution is -2.54. The lowest BCUT2D eigenvalue weighted by atomic mass is 9.95. The zero-order valence-corrected chi connectivity index (χ0v) is 26.9. The van der Waals surface area contributed by atoms with Crippen LogP contribution in [-0.2, 0) is 27.2 Å². The van der Waals surface area contributed by atoms with Gasteiger partial charge in [-0.15, -0.1) is 0 Å². The van der Waals surface area contributed by atoms with Gasteiger partial charge in [0.1, 0.15) is 23.4 Å². The number of hydrogen-bond donors (Lipinski definition) is 4. The fourth-order valence-corrected chi connectivity index (χ4v) is 4.65. The molecule has 4 amide bonds. The summed E-state index contributed by atoms with van der Waals surface area (Å²) in [7, 11) is 0. The summed E-state index contributed by atoms with van der Waals surface area (Å²) in [6, 6.07) is 20.4. The second-order valence-electron chi connectivity index (χ2n) is 11.9. The highest BCUT2D eigenvalue weighted by Gasteiger charge is 2.28. The van der Waals surface area contributed by atoms with Crippen LogP contribution in [-0.4, -0.2) is 48.2 Å². The minimum Gasteiger partial charge on any atom is -0.444 e. The Hall–Kier alpha value is -4.86.